The highest BCUT2D eigenvalue weighted by atomic mass is 16.4. The third-order valence-electron chi connectivity index (χ3n) is 2.73. The Morgan fingerprint density at radius 3 is 2.55 bits per heavy atom. The Bertz CT molecular complexity index is 233. The quantitative estimate of drug-likeness (QED) is 0.537. The number of carboxylic acids is 1. The molecule has 0 aromatic heterocycles. The predicted octanol–water partition coefficient (Wildman–Crippen LogP) is 0.398. The summed E-state index contributed by atoms with van der Waals surface area (Å²) >= 11 is 0. The van der Waals surface area contributed by atoms with Gasteiger partial charge in [0.25, 0.3) is 0 Å². The van der Waals surface area contributed by atoms with Gasteiger partial charge in [-0.2, -0.15) is 0 Å². The van der Waals surface area contributed by atoms with Crippen molar-refractivity contribution in [3.63, 3.8) is 0 Å². The highest BCUT2D eigenvalue weighted by Crippen LogP contribution is 2.46. The Labute approximate surface area is 64.3 Å². The number of fused-ring (bicyclic) bond motifs is 2. The summed E-state index contributed by atoms with van der Waals surface area (Å²) in [5.74, 6) is -0.930. The zero-order chi connectivity index (χ0) is 8.06. The number of hydrogen-bond acceptors (Lipinski definition) is 2. The Kier molecular flexibility index (Phi) is 1.16. The van der Waals surface area contributed by atoms with Crippen molar-refractivity contribution in [2.75, 3.05) is 0 Å². The Hall–Kier alpha value is -0.830. The van der Waals surface area contributed by atoms with Crippen LogP contribution in [0.4, 0.5) is 0 Å². The van der Waals surface area contributed by atoms with E-state index in [-0.39, 0.29) is 5.92 Å². The third kappa shape index (κ3) is 0.744. The van der Waals surface area contributed by atoms with Crippen molar-refractivity contribution in [2.24, 2.45) is 11.8 Å². The van der Waals surface area contributed by atoms with E-state index in [1.807, 2.05) is 12.2 Å². The number of carboxylic acid groups (broad SMARTS) is 1. The zero-order valence-electron chi connectivity index (χ0n) is 6.03. The maximum absolute atomic E-state index is 10.6. The van der Waals surface area contributed by atoms with Crippen molar-refractivity contribution in [2.45, 2.75) is 18.4 Å². The van der Waals surface area contributed by atoms with E-state index in [1.165, 1.54) is 0 Å². The summed E-state index contributed by atoms with van der Waals surface area (Å²) < 4.78 is 0. The molecule has 3 heteroatoms. The van der Waals surface area contributed by atoms with Gasteiger partial charge in [0.1, 0.15) is 0 Å². The summed E-state index contributed by atoms with van der Waals surface area (Å²) in [7, 11) is 0. The molecule has 2 aliphatic carbocycles. The van der Waals surface area contributed by atoms with Gasteiger partial charge in [-0.1, -0.05) is 12.2 Å². The molecule has 0 aromatic carbocycles. The molecule has 0 aromatic rings. The van der Waals surface area contributed by atoms with Gasteiger partial charge in [-0.25, -0.2) is 4.79 Å². The lowest BCUT2D eigenvalue weighted by Crippen LogP contribution is -2.42. The fourth-order valence-electron chi connectivity index (χ4n) is 2.08. The average molecular weight is 154 g/mol. The number of aliphatic carboxylic acids is 1. The molecule has 0 aliphatic heterocycles. The molecule has 3 atom stereocenters. The van der Waals surface area contributed by atoms with Gasteiger partial charge >= 0.3 is 5.97 Å². The maximum Gasteiger partial charge on any atom is 0.336 e. The first-order valence-electron chi connectivity index (χ1n) is 3.77. The first-order valence-corrected chi connectivity index (χ1v) is 3.77. The van der Waals surface area contributed by atoms with E-state index >= 15 is 0 Å². The van der Waals surface area contributed by atoms with Crippen molar-refractivity contribution in [3.05, 3.63) is 12.2 Å². The molecular formula is C8H10O3. The Morgan fingerprint density at radius 1 is 1.55 bits per heavy atom. The topological polar surface area (TPSA) is 57.5 Å². The molecule has 0 heterocycles. The van der Waals surface area contributed by atoms with E-state index in [4.69, 9.17) is 5.11 Å². The van der Waals surface area contributed by atoms with E-state index in [0.29, 0.717) is 12.3 Å². The molecule has 2 N–H and O–H groups in total. The molecule has 1 fully saturated rings. The summed E-state index contributed by atoms with van der Waals surface area (Å²) in [6.45, 7) is 0. The normalized spacial score (nSPS) is 46.6. The van der Waals surface area contributed by atoms with Crippen molar-refractivity contribution < 1.29 is 15.0 Å². The van der Waals surface area contributed by atoms with Gasteiger partial charge < -0.3 is 10.2 Å². The summed E-state index contributed by atoms with van der Waals surface area (Å²) in [4.78, 5) is 10.6. The molecule has 2 aliphatic rings. The monoisotopic (exact) mass is 154 g/mol. The van der Waals surface area contributed by atoms with Gasteiger partial charge in [-0.05, 0) is 18.8 Å². The van der Waals surface area contributed by atoms with Crippen molar-refractivity contribution in [1.82, 2.24) is 0 Å². The number of allylic oxidation sites excluding steroid dienone is 1. The first-order chi connectivity index (χ1) is 5.13. The first kappa shape index (κ1) is 6.85. The van der Waals surface area contributed by atoms with Crippen LogP contribution in [0.25, 0.3) is 0 Å². The van der Waals surface area contributed by atoms with Gasteiger partial charge in [-0.3, -0.25) is 0 Å². The maximum atomic E-state index is 10.6. The molecule has 0 spiro atoms. The average Bonchev–Trinajstić information content (AvgIpc) is 2.45. The molecule has 60 valence electrons. The fourth-order valence-corrected chi connectivity index (χ4v) is 2.08. The number of carbonyl (C=O) groups is 1. The highest BCUT2D eigenvalue weighted by Gasteiger charge is 2.52. The zero-order valence-corrected chi connectivity index (χ0v) is 6.03. The van der Waals surface area contributed by atoms with Crippen molar-refractivity contribution in [3.8, 4) is 0 Å². The molecule has 2 bridgehead atoms. The van der Waals surface area contributed by atoms with E-state index < -0.39 is 11.6 Å². The molecule has 0 amide bonds. The highest BCUT2D eigenvalue weighted by molar-refractivity contribution is 5.79. The number of rotatable bonds is 1. The van der Waals surface area contributed by atoms with E-state index in [1.54, 1.807) is 0 Å². The van der Waals surface area contributed by atoms with Gasteiger partial charge in [-0.15, -0.1) is 0 Å². The van der Waals surface area contributed by atoms with Crippen LogP contribution in [0.2, 0.25) is 0 Å². The second-order valence-corrected chi connectivity index (χ2v) is 3.42. The SMILES string of the molecule is O=C(O)C1(O)C[C@@H]2C=C[C@H]1C2. The second kappa shape index (κ2) is 1.85. The van der Waals surface area contributed by atoms with Crippen LogP contribution in [-0.2, 0) is 4.79 Å². The fraction of sp³-hybridized carbons (Fsp3) is 0.625. The minimum absolute atomic E-state index is 0.148. The van der Waals surface area contributed by atoms with Crippen LogP contribution in [0.15, 0.2) is 12.2 Å². The van der Waals surface area contributed by atoms with Crippen molar-refractivity contribution >= 4 is 5.97 Å². The lowest BCUT2D eigenvalue weighted by molar-refractivity contribution is -0.161. The molecule has 3 nitrogen and oxygen atoms in total. The summed E-state index contributed by atoms with van der Waals surface area (Å²) in [6, 6.07) is 0. The largest absolute Gasteiger partial charge is 0.479 e. The van der Waals surface area contributed by atoms with Gasteiger partial charge in [0.2, 0.25) is 0 Å². The van der Waals surface area contributed by atoms with E-state index in [9.17, 15) is 9.90 Å². The van der Waals surface area contributed by atoms with Crippen LogP contribution in [0.5, 0.6) is 0 Å². The van der Waals surface area contributed by atoms with E-state index in [0.717, 1.165) is 6.42 Å². The van der Waals surface area contributed by atoms with E-state index in [2.05, 4.69) is 0 Å². The minimum Gasteiger partial charge on any atom is -0.479 e. The van der Waals surface area contributed by atoms with Crippen LogP contribution in [0, 0.1) is 11.8 Å². The van der Waals surface area contributed by atoms with Gasteiger partial charge in [0.05, 0.1) is 0 Å². The minimum atomic E-state index is -1.46. The van der Waals surface area contributed by atoms with Gasteiger partial charge in [0, 0.05) is 5.92 Å². The van der Waals surface area contributed by atoms with Crippen LogP contribution >= 0.6 is 0 Å². The summed E-state index contributed by atoms with van der Waals surface area (Å²) in [5.41, 5.74) is -1.46. The van der Waals surface area contributed by atoms with Crippen molar-refractivity contribution in [1.29, 1.82) is 0 Å². The smallest absolute Gasteiger partial charge is 0.336 e. The number of aliphatic hydroxyl groups is 1. The number of hydrogen-bond donors (Lipinski definition) is 2. The lowest BCUT2D eigenvalue weighted by Gasteiger charge is -2.24. The van der Waals surface area contributed by atoms with Crippen LogP contribution in [-0.4, -0.2) is 21.8 Å². The third-order valence-corrected chi connectivity index (χ3v) is 2.73. The molecule has 11 heavy (non-hydrogen) atoms. The van der Waals surface area contributed by atoms with Crippen LogP contribution < -0.4 is 0 Å². The lowest BCUT2D eigenvalue weighted by atomic mass is 9.89. The molecule has 0 saturated heterocycles. The Morgan fingerprint density at radius 2 is 2.27 bits per heavy atom. The predicted molar refractivity (Wildman–Crippen MR) is 37.9 cm³/mol. The molecule has 0 radical (unpaired) electrons. The summed E-state index contributed by atoms with van der Waals surface area (Å²) in [6.07, 6.45) is 5.02. The second-order valence-electron chi connectivity index (χ2n) is 3.42. The molecule has 1 unspecified atom stereocenters. The molecule has 2 rings (SSSR count). The molecule has 1 saturated carbocycles. The summed E-state index contributed by atoms with van der Waals surface area (Å²) in [5, 5.41) is 18.3. The standard InChI is InChI=1S/C8H10O3/c9-7(10)8(11)4-5-1-2-6(8)3-5/h1-2,5-6,11H,3-4H2,(H,9,10)/t5-,6+,8?/m1/s1. The van der Waals surface area contributed by atoms with Crippen LogP contribution in [0.3, 0.4) is 0 Å². The van der Waals surface area contributed by atoms with Gasteiger partial charge in [0.15, 0.2) is 5.60 Å². The Balaban J connectivity index is 2.30. The van der Waals surface area contributed by atoms with Crippen LogP contribution in [0.1, 0.15) is 12.8 Å². The molecular weight excluding hydrogens is 144 g/mol.